The number of rotatable bonds is 6. The van der Waals surface area contributed by atoms with E-state index in [1.54, 1.807) is 23.7 Å². The van der Waals surface area contributed by atoms with E-state index >= 15 is 0 Å². The monoisotopic (exact) mass is 463 g/mol. The number of carbonyl (C=O) groups excluding carboxylic acids is 2. The molecule has 172 valence electrons. The van der Waals surface area contributed by atoms with E-state index in [1.807, 2.05) is 0 Å². The van der Waals surface area contributed by atoms with Crippen LogP contribution in [0.25, 0.3) is 5.69 Å². The van der Waals surface area contributed by atoms with E-state index < -0.39 is 28.3 Å². The summed E-state index contributed by atoms with van der Waals surface area (Å²) in [5.41, 5.74) is 2.52. The van der Waals surface area contributed by atoms with Crippen molar-refractivity contribution in [2.45, 2.75) is 45.1 Å². The summed E-state index contributed by atoms with van der Waals surface area (Å²) in [6, 6.07) is 5.49. The summed E-state index contributed by atoms with van der Waals surface area (Å²) in [4.78, 5) is 26.9. The van der Waals surface area contributed by atoms with Crippen molar-refractivity contribution in [1.82, 2.24) is 14.7 Å². The van der Waals surface area contributed by atoms with E-state index in [2.05, 4.69) is 5.10 Å². The Morgan fingerprint density at radius 2 is 1.94 bits per heavy atom. The summed E-state index contributed by atoms with van der Waals surface area (Å²) in [6.45, 7) is 1.64. The van der Waals surface area contributed by atoms with Crippen molar-refractivity contribution in [3.8, 4) is 5.69 Å². The zero-order valence-electron chi connectivity index (χ0n) is 17.9. The molecule has 1 amide bonds. The Morgan fingerprint density at radius 1 is 1.22 bits per heavy atom. The number of ether oxygens (including phenoxy) is 1. The average Bonchev–Trinajstić information content (AvgIpc) is 3.33. The molecule has 1 aliphatic carbocycles. The molecule has 0 saturated carbocycles. The number of carbonyl (C=O) groups is 2. The normalized spacial score (nSPS) is 19.4. The fourth-order valence-electron chi connectivity index (χ4n) is 4.50. The first-order valence-corrected chi connectivity index (χ1v) is 12.6. The van der Waals surface area contributed by atoms with Crippen molar-refractivity contribution in [1.29, 1.82) is 0 Å². The molecule has 1 aromatic carbocycles. The number of aromatic nitrogens is 2. The molecule has 10 heteroatoms. The van der Waals surface area contributed by atoms with Crippen LogP contribution >= 0.6 is 0 Å². The van der Waals surface area contributed by atoms with Gasteiger partial charge in [0.15, 0.2) is 22.1 Å². The Kier molecular flexibility index (Phi) is 6.32. The standard InChI is InChI=1S/C22H26FN3O5S/c1-2-25(17-11-12-32(29,30)14-17)20(27)13-31-22(28)21-18-5-3-4-6-19(18)26(24-21)16-9-7-15(23)8-10-16/h7-10,17H,2-6,11-14H2,1H3/t17-/m0/s1. The van der Waals surface area contributed by atoms with Crippen LogP contribution in [-0.4, -0.2) is 65.7 Å². The third kappa shape index (κ3) is 4.55. The lowest BCUT2D eigenvalue weighted by Gasteiger charge is -2.26. The Bertz CT molecular complexity index is 1130. The predicted molar refractivity (Wildman–Crippen MR) is 115 cm³/mol. The number of hydrogen-bond acceptors (Lipinski definition) is 6. The quantitative estimate of drug-likeness (QED) is 0.609. The second kappa shape index (κ2) is 9.01. The van der Waals surface area contributed by atoms with Gasteiger partial charge in [-0.3, -0.25) is 4.79 Å². The third-order valence-corrected chi connectivity index (χ3v) is 7.83. The molecule has 0 bridgehead atoms. The first-order chi connectivity index (χ1) is 15.3. The summed E-state index contributed by atoms with van der Waals surface area (Å²) >= 11 is 0. The first-order valence-electron chi connectivity index (χ1n) is 10.8. The Labute approximate surface area is 186 Å². The largest absolute Gasteiger partial charge is 0.451 e. The van der Waals surface area contributed by atoms with Gasteiger partial charge in [0, 0.05) is 23.8 Å². The van der Waals surface area contributed by atoms with Crippen LogP contribution < -0.4 is 0 Å². The fraction of sp³-hybridized carbons (Fsp3) is 0.500. The minimum atomic E-state index is -3.13. The summed E-state index contributed by atoms with van der Waals surface area (Å²) in [5, 5.41) is 4.45. The van der Waals surface area contributed by atoms with Crippen molar-refractivity contribution in [3.63, 3.8) is 0 Å². The molecule has 0 spiro atoms. The van der Waals surface area contributed by atoms with E-state index in [9.17, 15) is 22.4 Å². The molecule has 1 atom stereocenters. The van der Waals surface area contributed by atoms with E-state index in [0.717, 1.165) is 30.5 Å². The lowest BCUT2D eigenvalue weighted by Crippen LogP contribution is -2.43. The highest BCUT2D eigenvalue weighted by atomic mass is 32.2. The Hall–Kier alpha value is -2.75. The highest BCUT2D eigenvalue weighted by molar-refractivity contribution is 7.91. The SMILES string of the molecule is CCN(C(=O)COC(=O)c1nn(-c2ccc(F)cc2)c2c1CCCC2)[C@H]1CCS(=O)(=O)C1. The van der Waals surface area contributed by atoms with Crippen LogP contribution in [0.2, 0.25) is 0 Å². The molecule has 0 unspecified atom stereocenters. The fourth-order valence-corrected chi connectivity index (χ4v) is 6.23. The van der Waals surface area contributed by atoms with Gasteiger partial charge in [0.1, 0.15) is 5.82 Å². The van der Waals surface area contributed by atoms with Crippen LogP contribution in [-0.2, 0) is 32.2 Å². The first kappa shape index (κ1) is 22.4. The molecular formula is C22H26FN3O5S. The molecule has 1 aromatic heterocycles. The molecule has 1 fully saturated rings. The molecular weight excluding hydrogens is 437 g/mol. The number of hydrogen-bond donors (Lipinski definition) is 0. The third-order valence-electron chi connectivity index (χ3n) is 6.08. The smallest absolute Gasteiger partial charge is 0.359 e. The lowest BCUT2D eigenvalue weighted by molar-refractivity contribution is -0.136. The lowest BCUT2D eigenvalue weighted by atomic mass is 9.95. The number of fused-ring (bicyclic) bond motifs is 1. The minimum Gasteiger partial charge on any atom is -0.451 e. The van der Waals surface area contributed by atoms with Gasteiger partial charge < -0.3 is 9.64 Å². The van der Waals surface area contributed by atoms with E-state index in [-0.39, 0.29) is 29.1 Å². The summed E-state index contributed by atoms with van der Waals surface area (Å²) in [7, 11) is -3.13. The van der Waals surface area contributed by atoms with Gasteiger partial charge in [-0.2, -0.15) is 5.10 Å². The van der Waals surface area contributed by atoms with Crippen LogP contribution in [0.4, 0.5) is 4.39 Å². The molecule has 2 aromatic rings. The molecule has 2 heterocycles. The molecule has 8 nitrogen and oxygen atoms in total. The van der Waals surface area contributed by atoms with E-state index in [4.69, 9.17) is 4.74 Å². The van der Waals surface area contributed by atoms with Gasteiger partial charge in [-0.15, -0.1) is 0 Å². The number of sulfone groups is 1. The van der Waals surface area contributed by atoms with Crippen LogP contribution in [0, 0.1) is 5.82 Å². The maximum Gasteiger partial charge on any atom is 0.359 e. The summed E-state index contributed by atoms with van der Waals surface area (Å²) < 4.78 is 43.8. The number of amides is 1. The molecule has 2 aliphatic rings. The molecule has 4 rings (SSSR count). The zero-order chi connectivity index (χ0) is 22.9. The van der Waals surface area contributed by atoms with Crippen molar-refractivity contribution in [2.75, 3.05) is 24.7 Å². The summed E-state index contributed by atoms with van der Waals surface area (Å²) in [5.74, 6) is -1.46. The highest BCUT2D eigenvalue weighted by Gasteiger charge is 2.34. The maximum atomic E-state index is 13.3. The number of halogens is 1. The Balaban J connectivity index is 1.50. The average molecular weight is 464 g/mol. The van der Waals surface area contributed by atoms with Gasteiger partial charge in [0.25, 0.3) is 5.91 Å². The van der Waals surface area contributed by atoms with Gasteiger partial charge in [-0.25, -0.2) is 22.3 Å². The number of nitrogens with zero attached hydrogens (tertiary/aromatic N) is 3. The van der Waals surface area contributed by atoms with Gasteiger partial charge in [-0.1, -0.05) is 0 Å². The number of benzene rings is 1. The summed E-state index contributed by atoms with van der Waals surface area (Å²) in [6.07, 6.45) is 3.69. The van der Waals surface area contributed by atoms with Crippen molar-refractivity contribution in [3.05, 3.63) is 47.0 Å². The molecule has 1 saturated heterocycles. The van der Waals surface area contributed by atoms with E-state index in [1.165, 1.54) is 17.0 Å². The van der Waals surface area contributed by atoms with Gasteiger partial charge >= 0.3 is 5.97 Å². The minimum absolute atomic E-state index is 0.0594. The van der Waals surface area contributed by atoms with Crippen molar-refractivity contribution < 1.29 is 27.1 Å². The number of likely N-dealkylation sites (N-methyl/N-ethyl adjacent to an activating group) is 1. The molecule has 1 aliphatic heterocycles. The van der Waals surface area contributed by atoms with Crippen LogP contribution in [0.1, 0.15) is 47.9 Å². The maximum absolute atomic E-state index is 13.3. The zero-order valence-corrected chi connectivity index (χ0v) is 18.7. The van der Waals surface area contributed by atoms with Crippen molar-refractivity contribution >= 4 is 21.7 Å². The highest BCUT2D eigenvalue weighted by Crippen LogP contribution is 2.27. The van der Waals surface area contributed by atoms with Crippen molar-refractivity contribution in [2.24, 2.45) is 0 Å². The predicted octanol–water partition coefficient (Wildman–Crippen LogP) is 2.08. The van der Waals surface area contributed by atoms with Gasteiger partial charge in [0.2, 0.25) is 0 Å². The van der Waals surface area contributed by atoms with Crippen LogP contribution in [0.3, 0.4) is 0 Å². The van der Waals surface area contributed by atoms with Gasteiger partial charge in [0.05, 0.1) is 17.2 Å². The molecule has 0 radical (unpaired) electrons. The second-order valence-corrected chi connectivity index (χ2v) is 10.4. The van der Waals surface area contributed by atoms with Crippen LogP contribution in [0.5, 0.6) is 0 Å². The molecule has 32 heavy (non-hydrogen) atoms. The topological polar surface area (TPSA) is 98.6 Å². The van der Waals surface area contributed by atoms with Crippen LogP contribution in [0.15, 0.2) is 24.3 Å². The second-order valence-electron chi connectivity index (χ2n) is 8.18. The number of esters is 1. The molecule has 0 N–H and O–H groups in total. The van der Waals surface area contributed by atoms with Gasteiger partial charge in [-0.05, 0) is 63.3 Å². The van der Waals surface area contributed by atoms with E-state index in [0.29, 0.717) is 25.1 Å². The Morgan fingerprint density at radius 3 is 2.59 bits per heavy atom.